The Labute approximate surface area is 148 Å². The van der Waals surface area contributed by atoms with Gasteiger partial charge in [-0.3, -0.25) is 9.69 Å². The van der Waals surface area contributed by atoms with Crippen molar-refractivity contribution in [3.8, 4) is 0 Å². The highest BCUT2D eigenvalue weighted by molar-refractivity contribution is 7.10. The van der Waals surface area contributed by atoms with Crippen molar-refractivity contribution in [1.29, 1.82) is 0 Å². The number of hydrogen-bond acceptors (Lipinski definition) is 3. The number of nitrogens with one attached hydrogen (secondary N) is 1. The SMILES string of the molecule is CC(C(=O)NCC1(C)CCCN1Cc1ccccc1)c1cccs1. The van der Waals surface area contributed by atoms with Gasteiger partial charge in [0.1, 0.15) is 0 Å². The zero-order valence-electron chi connectivity index (χ0n) is 14.5. The average Bonchev–Trinajstić information content (AvgIpc) is 3.24. The van der Waals surface area contributed by atoms with Gasteiger partial charge in [0, 0.05) is 23.5 Å². The molecule has 2 unspecified atom stereocenters. The van der Waals surface area contributed by atoms with Crippen LogP contribution in [0.3, 0.4) is 0 Å². The van der Waals surface area contributed by atoms with Gasteiger partial charge in [-0.1, -0.05) is 36.4 Å². The van der Waals surface area contributed by atoms with Gasteiger partial charge < -0.3 is 5.32 Å². The molecule has 1 aliphatic rings. The smallest absolute Gasteiger partial charge is 0.228 e. The minimum Gasteiger partial charge on any atom is -0.354 e. The number of likely N-dealkylation sites (tertiary alicyclic amines) is 1. The maximum absolute atomic E-state index is 12.5. The van der Waals surface area contributed by atoms with E-state index in [0.717, 1.165) is 24.4 Å². The minimum atomic E-state index is -0.0717. The Morgan fingerprint density at radius 2 is 2.08 bits per heavy atom. The maximum atomic E-state index is 12.5. The number of rotatable bonds is 6. The molecule has 128 valence electrons. The number of benzene rings is 1. The topological polar surface area (TPSA) is 32.3 Å². The molecule has 1 saturated heterocycles. The summed E-state index contributed by atoms with van der Waals surface area (Å²) in [6.45, 7) is 7.03. The fourth-order valence-corrected chi connectivity index (χ4v) is 4.23. The molecule has 0 bridgehead atoms. The van der Waals surface area contributed by atoms with Crippen LogP contribution in [-0.4, -0.2) is 29.4 Å². The number of carbonyl (C=O) groups is 1. The molecule has 1 amide bonds. The second-order valence-electron chi connectivity index (χ2n) is 6.96. The summed E-state index contributed by atoms with van der Waals surface area (Å²) in [6.07, 6.45) is 2.33. The summed E-state index contributed by atoms with van der Waals surface area (Å²) in [5.41, 5.74) is 1.38. The van der Waals surface area contributed by atoms with Gasteiger partial charge >= 0.3 is 0 Å². The summed E-state index contributed by atoms with van der Waals surface area (Å²) in [6, 6.07) is 14.6. The summed E-state index contributed by atoms with van der Waals surface area (Å²) in [5.74, 6) is 0.0582. The van der Waals surface area contributed by atoms with Crippen LogP contribution in [0.15, 0.2) is 47.8 Å². The van der Waals surface area contributed by atoms with Gasteiger partial charge in [0.15, 0.2) is 0 Å². The second kappa shape index (κ2) is 7.49. The number of thiophene rings is 1. The molecule has 0 saturated carbocycles. The quantitative estimate of drug-likeness (QED) is 0.860. The molecule has 2 atom stereocenters. The van der Waals surface area contributed by atoms with Crippen LogP contribution in [0.1, 0.15) is 43.0 Å². The molecule has 1 fully saturated rings. The Bertz CT molecular complexity index is 656. The van der Waals surface area contributed by atoms with Crippen LogP contribution in [-0.2, 0) is 11.3 Å². The van der Waals surface area contributed by atoms with Crippen LogP contribution in [0, 0.1) is 0 Å². The van der Waals surface area contributed by atoms with E-state index in [4.69, 9.17) is 0 Å². The van der Waals surface area contributed by atoms with E-state index in [1.54, 1.807) is 11.3 Å². The first-order chi connectivity index (χ1) is 11.6. The molecule has 1 aromatic heterocycles. The van der Waals surface area contributed by atoms with Crippen molar-refractivity contribution < 1.29 is 4.79 Å². The first-order valence-corrected chi connectivity index (χ1v) is 9.56. The van der Waals surface area contributed by atoms with Crippen molar-refractivity contribution in [2.24, 2.45) is 0 Å². The Hall–Kier alpha value is -1.65. The fraction of sp³-hybridized carbons (Fsp3) is 0.450. The summed E-state index contributed by atoms with van der Waals surface area (Å²) in [5, 5.41) is 5.22. The molecule has 3 rings (SSSR count). The van der Waals surface area contributed by atoms with Crippen LogP contribution < -0.4 is 5.32 Å². The zero-order valence-corrected chi connectivity index (χ0v) is 15.3. The Balaban J connectivity index is 1.59. The van der Waals surface area contributed by atoms with Gasteiger partial charge in [0.25, 0.3) is 0 Å². The van der Waals surface area contributed by atoms with Crippen LogP contribution in [0.4, 0.5) is 0 Å². The molecule has 1 N–H and O–H groups in total. The number of carbonyl (C=O) groups excluding carboxylic acids is 1. The van der Waals surface area contributed by atoms with E-state index < -0.39 is 0 Å². The van der Waals surface area contributed by atoms with E-state index in [9.17, 15) is 4.79 Å². The molecule has 24 heavy (non-hydrogen) atoms. The van der Waals surface area contributed by atoms with Gasteiger partial charge in [-0.25, -0.2) is 0 Å². The maximum Gasteiger partial charge on any atom is 0.228 e. The summed E-state index contributed by atoms with van der Waals surface area (Å²) in [4.78, 5) is 16.1. The monoisotopic (exact) mass is 342 g/mol. The van der Waals surface area contributed by atoms with Gasteiger partial charge in [0.2, 0.25) is 5.91 Å². The lowest BCUT2D eigenvalue weighted by molar-refractivity contribution is -0.122. The zero-order chi connectivity index (χ0) is 17.0. The van der Waals surface area contributed by atoms with Crippen molar-refractivity contribution in [2.75, 3.05) is 13.1 Å². The molecule has 1 aliphatic heterocycles. The molecule has 2 aromatic rings. The Kier molecular flexibility index (Phi) is 5.36. The average molecular weight is 343 g/mol. The predicted molar refractivity (Wildman–Crippen MR) is 100 cm³/mol. The number of hydrogen-bond donors (Lipinski definition) is 1. The highest BCUT2D eigenvalue weighted by Crippen LogP contribution is 2.30. The summed E-state index contributed by atoms with van der Waals surface area (Å²) >= 11 is 1.65. The van der Waals surface area contributed by atoms with Crippen LogP contribution in [0.2, 0.25) is 0 Å². The van der Waals surface area contributed by atoms with E-state index >= 15 is 0 Å². The second-order valence-corrected chi connectivity index (χ2v) is 7.94. The van der Waals surface area contributed by atoms with E-state index in [1.807, 2.05) is 24.4 Å². The Morgan fingerprint density at radius 3 is 2.79 bits per heavy atom. The van der Waals surface area contributed by atoms with Gasteiger partial charge in [0.05, 0.1) is 5.92 Å². The number of nitrogens with zero attached hydrogens (tertiary/aromatic N) is 1. The number of amides is 1. The van der Waals surface area contributed by atoms with Crippen molar-refractivity contribution in [2.45, 2.75) is 44.7 Å². The molecule has 0 radical (unpaired) electrons. The largest absolute Gasteiger partial charge is 0.354 e. The van der Waals surface area contributed by atoms with Crippen LogP contribution in [0.5, 0.6) is 0 Å². The third kappa shape index (κ3) is 3.87. The lowest BCUT2D eigenvalue weighted by atomic mass is 9.97. The lowest BCUT2D eigenvalue weighted by Crippen LogP contribution is -2.50. The van der Waals surface area contributed by atoms with Crippen LogP contribution >= 0.6 is 11.3 Å². The first-order valence-electron chi connectivity index (χ1n) is 8.68. The van der Waals surface area contributed by atoms with Crippen molar-refractivity contribution >= 4 is 17.2 Å². The Morgan fingerprint density at radius 1 is 1.29 bits per heavy atom. The van der Waals surface area contributed by atoms with Crippen molar-refractivity contribution in [1.82, 2.24) is 10.2 Å². The molecule has 0 spiro atoms. The molecule has 2 heterocycles. The molecule has 4 heteroatoms. The van der Waals surface area contributed by atoms with E-state index in [-0.39, 0.29) is 17.4 Å². The summed E-state index contributed by atoms with van der Waals surface area (Å²) < 4.78 is 0. The van der Waals surface area contributed by atoms with Crippen molar-refractivity contribution in [3.05, 3.63) is 58.3 Å². The third-order valence-electron chi connectivity index (χ3n) is 5.13. The molecule has 0 aliphatic carbocycles. The standard InChI is InChI=1S/C20H26N2OS/c1-16(18-10-6-13-24-18)19(23)21-15-20(2)11-7-12-22(20)14-17-8-4-3-5-9-17/h3-6,8-10,13,16H,7,11-12,14-15H2,1-2H3,(H,21,23). The van der Waals surface area contributed by atoms with Gasteiger partial charge in [-0.15, -0.1) is 11.3 Å². The fourth-order valence-electron chi connectivity index (χ4n) is 3.45. The molecular formula is C20H26N2OS. The molecule has 3 nitrogen and oxygen atoms in total. The molecular weight excluding hydrogens is 316 g/mol. The van der Waals surface area contributed by atoms with E-state index in [2.05, 4.69) is 47.5 Å². The molecule has 1 aromatic carbocycles. The minimum absolute atomic E-state index is 0.0423. The van der Waals surface area contributed by atoms with E-state index in [1.165, 1.54) is 12.0 Å². The summed E-state index contributed by atoms with van der Waals surface area (Å²) in [7, 11) is 0. The van der Waals surface area contributed by atoms with Gasteiger partial charge in [-0.2, -0.15) is 0 Å². The van der Waals surface area contributed by atoms with Crippen molar-refractivity contribution in [3.63, 3.8) is 0 Å². The predicted octanol–water partition coefficient (Wildman–Crippen LogP) is 4.02. The highest BCUT2D eigenvalue weighted by Gasteiger charge is 2.36. The van der Waals surface area contributed by atoms with Gasteiger partial charge in [-0.05, 0) is 50.2 Å². The third-order valence-corrected chi connectivity index (χ3v) is 6.18. The normalized spacial score (nSPS) is 22.4. The highest BCUT2D eigenvalue weighted by atomic mass is 32.1. The van der Waals surface area contributed by atoms with E-state index in [0.29, 0.717) is 6.54 Å². The first kappa shape index (κ1) is 17.2. The lowest BCUT2D eigenvalue weighted by Gasteiger charge is -2.36. The van der Waals surface area contributed by atoms with Crippen LogP contribution in [0.25, 0.3) is 0 Å².